The maximum absolute atomic E-state index is 11.3. The summed E-state index contributed by atoms with van der Waals surface area (Å²) >= 11 is 0. The molecular weight excluding hydrogens is 252 g/mol. The van der Waals surface area contributed by atoms with Crippen LogP contribution in [-0.2, 0) is 4.74 Å². The first-order valence-corrected chi connectivity index (χ1v) is 8.42. The van der Waals surface area contributed by atoms with Crippen molar-refractivity contribution in [1.82, 2.24) is 9.80 Å². The fourth-order valence-corrected chi connectivity index (χ4v) is 4.64. The van der Waals surface area contributed by atoms with E-state index in [9.17, 15) is 5.11 Å². The van der Waals surface area contributed by atoms with E-state index in [1.165, 1.54) is 45.2 Å². The number of likely N-dealkylation sites (tertiary alicyclic amines) is 1. The first-order valence-electron chi connectivity index (χ1n) is 8.42. The largest absolute Gasteiger partial charge is 0.387 e. The summed E-state index contributed by atoms with van der Waals surface area (Å²) in [6.45, 7) is 5.17. The van der Waals surface area contributed by atoms with Crippen molar-refractivity contribution in [2.45, 2.75) is 62.6 Å². The van der Waals surface area contributed by atoms with Gasteiger partial charge in [0.2, 0.25) is 0 Å². The van der Waals surface area contributed by atoms with E-state index in [2.05, 4.69) is 9.80 Å². The molecule has 3 fully saturated rings. The number of hydrogen-bond acceptors (Lipinski definition) is 4. The van der Waals surface area contributed by atoms with Gasteiger partial charge in [0.25, 0.3) is 0 Å². The van der Waals surface area contributed by atoms with Gasteiger partial charge in [-0.05, 0) is 58.2 Å². The van der Waals surface area contributed by atoms with Crippen LogP contribution in [0.4, 0.5) is 0 Å². The Morgan fingerprint density at radius 1 is 1.10 bits per heavy atom. The Hall–Kier alpha value is -0.160. The Morgan fingerprint density at radius 3 is 2.80 bits per heavy atom. The van der Waals surface area contributed by atoms with E-state index in [0.717, 1.165) is 32.5 Å². The number of nitrogens with zero attached hydrogens (tertiary/aromatic N) is 2. The van der Waals surface area contributed by atoms with Crippen LogP contribution in [0.2, 0.25) is 0 Å². The standard InChI is InChI=1S/C16H30N2O2/c1-20-12-14-6-4-10-18(14)13-16(19)8-5-11-17-9-3-2-7-15(16)17/h14-15,19H,2-13H2,1H3/t14-,15-,16-/m1/s1. The summed E-state index contributed by atoms with van der Waals surface area (Å²) in [5.74, 6) is 0. The Kier molecular flexibility index (Phi) is 4.65. The second-order valence-electron chi connectivity index (χ2n) is 6.98. The quantitative estimate of drug-likeness (QED) is 0.847. The minimum Gasteiger partial charge on any atom is -0.387 e. The predicted octanol–water partition coefficient (Wildman–Crippen LogP) is 1.48. The van der Waals surface area contributed by atoms with Gasteiger partial charge in [-0.15, -0.1) is 0 Å². The van der Waals surface area contributed by atoms with Crippen molar-refractivity contribution in [1.29, 1.82) is 0 Å². The Morgan fingerprint density at radius 2 is 1.95 bits per heavy atom. The average Bonchev–Trinajstić information content (AvgIpc) is 2.87. The van der Waals surface area contributed by atoms with Gasteiger partial charge in [-0.25, -0.2) is 0 Å². The maximum Gasteiger partial charge on any atom is 0.0928 e. The summed E-state index contributed by atoms with van der Waals surface area (Å²) in [6.07, 6.45) is 8.36. The third kappa shape index (κ3) is 2.89. The van der Waals surface area contributed by atoms with Crippen LogP contribution in [0, 0.1) is 0 Å². The first kappa shape index (κ1) is 14.8. The highest BCUT2D eigenvalue weighted by Crippen LogP contribution is 2.36. The molecule has 116 valence electrons. The summed E-state index contributed by atoms with van der Waals surface area (Å²) in [7, 11) is 1.79. The zero-order chi connectivity index (χ0) is 14.0. The van der Waals surface area contributed by atoms with Gasteiger partial charge in [0, 0.05) is 25.7 Å². The van der Waals surface area contributed by atoms with E-state index in [1.807, 2.05) is 0 Å². The van der Waals surface area contributed by atoms with Crippen LogP contribution >= 0.6 is 0 Å². The molecule has 3 rings (SSSR count). The molecule has 0 aromatic heterocycles. The number of fused-ring (bicyclic) bond motifs is 1. The lowest BCUT2D eigenvalue weighted by atomic mass is 9.79. The SMILES string of the molecule is COC[C@H]1CCCN1C[C@]1(O)CCCN2CCCC[C@@H]21. The number of methoxy groups -OCH3 is 1. The van der Waals surface area contributed by atoms with Gasteiger partial charge in [0.1, 0.15) is 0 Å². The molecule has 0 saturated carbocycles. The minimum absolute atomic E-state index is 0.397. The molecular formula is C16H30N2O2. The molecule has 1 N–H and O–H groups in total. The first-order chi connectivity index (χ1) is 9.73. The second-order valence-corrected chi connectivity index (χ2v) is 6.98. The summed E-state index contributed by atoms with van der Waals surface area (Å²) in [6, 6.07) is 0.914. The van der Waals surface area contributed by atoms with Crippen LogP contribution in [0.25, 0.3) is 0 Å². The molecule has 4 heteroatoms. The summed E-state index contributed by atoms with van der Waals surface area (Å²) in [5, 5.41) is 11.3. The zero-order valence-electron chi connectivity index (χ0n) is 12.9. The highest BCUT2D eigenvalue weighted by Gasteiger charge is 2.46. The van der Waals surface area contributed by atoms with Crippen molar-refractivity contribution in [3.05, 3.63) is 0 Å². The molecule has 0 unspecified atom stereocenters. The predicted molar refractivity (Wildman–Crippen MR) is 79.9 cm³/mol. The van der Waals surface area contributed by atoms with Crippen LogP contribution in [0.5, 0.6) is 0 Å². The average molecular weight is 282 g/mol. The van der Waals surface area contributed by atoms with Crippen LogP contribution in [-0.4, -0.2) is 72.5 Å². The molecule has 0 amide bonds. The molecule has 0 spiro atoms. The lowest BCUT2D eigenvalue weighted by Crippen LogP contribution is -2.63. The lowest BCUT2D eigenvalue weighted by molar-refractivity contribution is -0.112. The van der Waals surface area contributed by atoms with Crippen molar-refractivity contribution >= 4 is 0 Å². The Balaban J connectivity index is 1.67. The van der Waals surface area contributed by atoms with Gasteiger partial charge in [0.15, 0.2) is 0 Å². The van der Waals surface area contributed by atoms with Crippen molar-refractivity contribution in [3.8, 4) is 0 Å². The van der Waals surface area contributed by atoms with Crippen molar-refractivity contribution in [2.75, 3.05) is 39.9 Å². The molecule has 4 nitrogen and oxygen atoms in total. The number of piperidine rings is 2. The molecule has 3 aliphatic heterocycles. The van der Waals surface area contributed by atoms with E-state index in [-0.39, 0.29) is 0 Å². The topological polar surface area (TPSA) is 35.9 Å². The molecule has 3 heterocycles. The van der Waals surface area contributed by atoms with Crippen molar-refractivity contribution < 1.29 is 9.84 Å². The molecule has 3 saturated heterocycles. The zero-order valence-corrected chi connectivity index (χ0v) is 12.9. The van der Waals surface area contributed by atoms with Gasteiger partial charge in [-0.3, -0.25) is 9.80 Å². The number of aliphatic hydroxyl groups is 1. The van der Waals surface area contributed by atoms with Crippen LogP contribution < -0.4 is 0 Å². The second kappa shape index (κ2) is 6.30. The Labute approximate surface area is 123 Å². The normalized spacial score (nSPS) is 39.9. The highest BCUT2D eigenvalue weighted by molar-refractivity contribution is 5.01. The summed E-state index contributed by atoms with van der Waals surface area (Å²) in [4.78, 5) is 5.04. The Bertz CT molecular complexity index is 324. The molecule has 0 aliphatic carbocycles. The van der Waals surface area contributed by atoms with Gasteiger partial charge in [0.05, 0.1) is 12.2 Å². The molecule has 3 aliphatic rings. The van der Waals surface area contributed by atoms with E-state index in [1.54, 1.807) is 7.11 Å². The fourth-order valence-electron chi connectivity index (χ4n) is 4.64. The molecule has 0 radical (unpaired) electrons. The molecule has 0 bridgehead atoms. The van der Waals surface area contributed by atoms with Gasteiger partial charge < -0.3 is 9.84 Å². The van der Waals surface area contributed by atoms with E-state index >= 15 is 0 Å². The van der Waals surface area contributed by atoms with Crippen LogP contribution in [0.15, 0.2) is 0 Å². The fraction of sp³-hybridized carbons (Fsp3) is 1.00. The van der Waals surface area contributed by atoms with Gasteiger partial charge in [-0.1, -0.05) is 6.42 Å². The van der Waals surface area contributed by atoms with Gasteiger partial charge >= 0.3 is 0 Å². The van der Waals surface area contributed by atoms with Crippen molar-refractivity contribution in [2.24, 2.45) is 0 Å². The van der Waals surface area contributed by atoms with E-state index in [4.69, 9.17) is 4.74 Å². The minimum atomic E-state index is -0.491. The van der Waals surface area contributed by atoms with Gasteiger partial charge in [-0.2, -0.15) is 0 Å². The highest BCUT2D eigenvalue weighted by atomic mass is 16.5. The van der Waals surface area contributed by atoms with E-state index < -0.39 is 5.60 Å². The number of ether oxygens (including phenoxy) is 1. The third-order valence-corrected chi connectivity index (χ3v) is 5.62. The molecule has 20 heavy (non-hydrogen) atoms. The van der Waals surface area contributed by atoms with Crippen molar-refractivity contribution in [3.63, 3.8) is 0 Å². The van der Waals surface area contributed by atoms with E-state index in [0.29, 0.717) is 12.1 Å². The lowest BCUT2D eigenvalue weighted by Gasteiger charge is -2.51. The summed E-state index contributed by atoms with van der Waals surface area (Å²) in [5.41, 5.74) is -0.491. The third-order valence-electron chi connectivity index (χ3n) is 5.62. The van der Waals surface area contributed by atoms with Crippen LogP contribution in [0.3, 0.4) is 0 Å². The number of hydrogen-bond donors (Lipinski definition) is 1. The molecule has 0 aromatic carbocycles. The number of rotatable bonds is 4. The maximum atomic E-state index is 11.3. The molecule has 3 atom stereocenters. The molecule has 0 aromatic rings. The smallest absolute Gasteiger partial charge is 0.0928 e. The van der Waals surface area contributed by atoms with Crippen LogP contribution in [0.1, 0.15) is 44.9 Å². The summed E-state index contributed by atoms with van der Waals surface area (Å²) < 4.78 is 5.35. The number of β-amino-alcohol motifs (C(OH)–C–C–N with tert-alkyl or cyclic N) is 1. The monoisotopic (exact) mass is 282 g/mol.